The van der Waals surface area contributed by atoms with Gasteiger partial charge in [0.1, 0.15) is 0 Å². The van der Waals surface area contributed by atoms with Crippen LogP contribution in [-0.4, -0.2) is 31.7 Å². The van der Waals surface area contributed by atoms with E-state index in [0.717, 1.165) is 32.7 Å². The van der Waals surface area contributed by atoms with E-state index in [2.05, 4.69) is 5.32 Å². The zero-order valence-corrected chi connectivity index (χ0v) is 19.8. The molecule has 1 amide bonds. The third-order valence-corrected chi connectivity index (χ3v) is 7.40. The molecule has 0 saturated carbocycles. The molecule has 1 N–H and O–H groups in total. The van der Waals surface area contributed by atoms with E-state index in [1.807, 2.05) is 39.0 Å². The van der Waals surface area contributed by atoms with Gasteiger partial charge in [-0.15, -0.1) is 0 Å². The lowest BCUT2D eigenvalue weighted by Gasteiger charge is -2.24. The number of hydrogen-bond acceptors (Lipinski definition) is 5. The minimum atomic E-state index is -3.47. The van der Waals surface area contributed by atoms with E-state index in [9.17, 15) is 18.0 Å². The van der Waals surface area contributed by atoms with E-state index in [-0.39, 0.29) is 23.7 Å². The van der Waals surface area contributed by atoms with Crippen molar-refractivity contribution < 1.29 is 13.2 Å². The Hall–Kier alpha value is -2.65. The fourth-order valence-electron chi connectivity index (χ4n) is 3.52. The maximum atomic E-state index is 12.4. The Balaban J connectivity index is 1.66. The number of aryl methyl sites for hydroxylation is 2. The highest BCUT2D eigenvalue weighted by Gasteiger charge is 2.20. The van der Waals surface area contributed by atoms with E-state index in [1.54, 1.807) is 22.8 Å². The molecule has 0 fully saturated rings. The van der Waals surface area contributed by atoms with Gasteiger partial charge in [0.25, 0.3) is 0 Å². The molecule has 1 heterocycles. The van der Waals surface area contributed by atoms with E-state index < -0.39 is 10.0 Å². The summed E-state index contributed by atoms with van der Waals surface area (Å²) < 4.78 is 28.6. The predicted molar refractivity (Wildman–Crippen MR) is 128 cm³/mol. The number of fused-ring (bicyclic) bond motifs is 1. The molecule has 0 aliphatic carbocycles. The van der Waals surface area contributed by atoms with Crippen molar-refractivity contribution in [3.8, 4) is 0 Å². The van der Waals surface area contributed by atoms with Gasteiger partial charge in [0, 0.05) is 25.2 Å². The molecule has 1 aromatic heterocycles. The van der Waals surface area contributed by atoms with Crippen LogP contribution in [0.3, 0.4) is 0 Å². The Morgan fingerprint density at radius 2 is 1.94 bits per heavy atom. The van der Waals surface area contributed by atoms with Crippen LogP contribution in [0, 0.1) is 13.8 Å². The average Bonchev–Trinajstić information content (AvgIpc) is 3.01. The van der Waals surface area contributed by atoms with Crippen LogP contribution in [-0.2, 0) is 21.4 Å². The molecule has 166 valence electrons. The number of rotatable bonds is 8. The predicted octanol–water partition coefficient (Wildman–Crippen LogP) is 3.88. The number of carbonyl (C=O) groups is 1. The normalized spacial score (nSPS) is 11.6. The van der Waals surface area contributed by atoms with Crippen molar-refractivity contribution in [3.05, 3.63) is 57.2 Å². The molecular weight excluding hydrogens is 434 g/mol. The van der Waals surface area contributed by atoms with Crippen LogP contribution in [0.25, 0.3) is 10.2 Å². The number of sulfonamides is 1. The molecule has 3 rings (SSSR count). The smallest absolute Gasteiger partial charge is 0.308 e. The van der Waals surface area contributed by atoms with Crippen LogP contribution in [0.5, 0.6) is 0 Å². The van der Waals surface area contributed by atoms with Crippen LogP contribution in [0.1, 0.15) is 30.9 Å². The van der Waals surface area contributed by atoms with Gasteiger partial charge in [0.15, 0.2) is 0 Å². The number of carbonyl (C=O) groups excluding carboxylic acids is 1. The SMILES string of the molecule is CCn1c(=O)sc2cc(NC(=O)CCCN(c3cccc(C)c3C)S(C)(=O)=O)ccc21. The van der Waals surface area contributed by atoms with Crippen molar-refractivity contribution in [1.82, 2.24) is 4.57 Å². The minimum Gasteiger partial charge on any atom is -0.326 e. The second-order valence-corrected chi connectivity index (χ2v) is 10.4. The Labute approximate surface area is 186 Å². The van der Waals surface area contributed by atoms with Gasteiger partial charge < -0.3 is 5.32 Å². The summed E-state index contributed by atoms with van der Waals surface area (Å²) in [4.78, 5) is 24.4. The molecule has 2 aromatic carbocycles. The van der Waals surface area contributed by atoms with Crippen LogP contribution >= 0.6 is 11.3 Å². The summed E-state index contributed by atoms with van der Waals surface area (Å²) in [7, 11) is -3.47. The van der Waals surface area contributed by atoms with Crippen molar-refractivity contribution in [3.63, 3.8) is 0 Å². The zero-order valence-electron chi connectivity index (χ0n) is 18.1. The maximum Gasteiger partial charge on any atom is 0.308 e. The third-order valence-electron chi connectivity index (χ3n) is 5.28. The van der Waals surface area contributed by atoms with Crippen molar-refractivity contribution in [2.45, 2.75) is 40.2 Å². The summed E-state index contributed by atoms with van der Waals surface area (Å²) in [5, 5.41) is 2.84. The van der Waals surface area contributed by atoms with E-state index in [1.165, 1.54) is 10.6 Å². The molecule has 9 heteroatoms. The summed E-state index contributed by atoms with van der Waals surface area (Å²) in [6.45, 7) is 6.57. The lowest BCUT2D eigenvalue weighted by Crippen LogP contribution is -2.32. The van der Waals surface area contributed by atoms with Crippen molar-refractivity contribution >= 4 is 48.9 Å². The first-order valence-electron chi connectivity index (χ1n) is 10.1. The number of amides is 1. The highest BCUT2D eigenvalue weighted by Crippen LogP contribution is 2.26. The quantitative estimate of drug-likeness (QED) is 0.551. The van der Waals surface area contributed by atoms with E-state index in [4.69, 9.17) is 0 Å². The second-order valence-electron chi connectivity index (χ2n) is 7.50. The fourth-order valence-corrected chi connectivity index (χ4v) is 5.53. The summed E-state index contributed by atoms with van der Waals surface area (Å²) >= 11 is 1.15. The lowest BCUT2D eigenvalue weighted by molar-refractivity contribution is -0.116. The van der Waals surface area contributed by atoms with Crippen LogP contribution in [0.15, 0.2) is 41.2 Å². The zero-order chi connectivity index (χ0) is 22.8. The van der Waals surface area contributed by atoms with Crippen molar-refractivity contribution in [2.24, 2.45) is 0 Å². The standard InChI is InChI=1S/C22H27N3O4S2/c1-5-24-19-12-11-17(14-20(19)30-22(24)27)23-21(26)10-7-13-25(31(4,28)29)18-9-6-8-15(2)16(18)3/h6,8-9,11-12,14H,5,7,10,13H2,1-4H3,(H,23,26). The minimum absolute atomic E-state index is 0.0201. The van der Waals surface area contributed by atoms with Crippen LogP contribution in [0.4, 0.5) is 11.4 Å². The Kier molecular flexibility index (Phi) is 6.86. The lowest BCUT2D eigenvalue weighted by atomic mass is 10.1. The number of benzene rings is 2. The largest absolute Gasteiger partial charge is 0.326 e. The molecule has 0 spiro atoms. The number of nitrogens with zero attached hydrogens (tertiary/aromatic N) is 2. The first-order valence-corrected chi connectivity index (χ1v) is 12.8. The van der Waals surface area contributed by atoms with Crippen molar-refractivity contribution in [1.29, 1.82) is 0 Å². The topological polar surface area (TPSA) is 88.5 Å². The molecule has 0 unspecified atom stereocenters. The number of anilines is 2. The number of hydrogen-bond donors (Lipinski definition) is 1. The molecule has 3 aromatic rings. The Morgan fingerprint density at radius 3 is 2.61 bits per heavy atom. The molecule has 0 bridgehead atoms. The Morgan fingerprint density at radius 1 is 1.19 bits per heavy atom. The highest BCUT2D eigenvalue weighted by molar-refractivity contribution is 7.92. The molecule has 7 nitrogen and oxygen atoms in total. The van der Waals surface area contributed by atoms with Gasteiger partial charge in [-0.1, -0.05) is 23.5 Å². The summed E-state index contributed by atoms with van der Waals surface area (Å²) in [5.41, 5.74) is 4.04. The van der Waals surface area contributed by atoms with Gasteiger partial charge in [0.2, 0.25) is 15.9 Å². The summed E-state index contributed by atoms with van der Waals surface area (Å²) in [6.07, 6.45) is 1.74. The van der Waals surface area contributed by atoms with Crippen LogP contribution < -0.4 is 14.5 Å². The molecule has 0 aliphatic heterocycles. The molecule has 0 saturated heterocycles. The van der Waals surface area contributed by atoms with Gasteiger partial charge in [-0.25, -0.2) is 8.42 Å². The first kappa shape index (κ1) is 23.0. The van der Waals surface area contributed by atoms with Crippen LogP contribution in [0.2, 0.25) is 0 Å². The van der Waals surface area contributed by atoms with Gasteiger partial charge in [-0.05, 0) is 62.6 Å². The number of nitrogens with one attached hydrogen (secondary N) is 1. The summed E-state index contributed by atoms with van der Waals surface area (Å²) in [6, 6.07) is 11.0. The van der Waals surface area contributed by atoms with E-state index >= 15 is 0 Å². The second kappa shape index (κ2) is 9.23. The number of aromatic nitrogens is 1. The molecular formula is C22H27N3O4S2. The van der Waals surface area contributed by atoms with Gasteiger partial charge in [0.05, 0.1) is 22.2 Å². The molecule has 0 aliphatic rings. The average molecular weight is 462 g/mol. The van der Waals surface area contributed by atoms with Gasteiger partial charge in [-0.2, -0.15) is 0 Å². The number of thiazole rings is 1. The maximum absolute atomic E-state index is 12.4. The molecule has 31 heavy (non-hydrogen) atoms. The van der Waals surface area contributed by atoms with E-state index in [0.29, 0.717) is 24.3 Å². The summed E-state index contributed by atoms with van der Waals surface area (Å²) in [5.74, 6) is -0.198. The highest BCUT2D eigenvalue weighted by atomic mass is 32.2. The fraction of sp³-hybridized carbons (Fsp3) is 0.364. The third kappa shape index (κ3) is 5.16. The van der Waals surface area contributed by atoms with Crippen molar-refractivity contribution in [2.75, 3.05) is 22.4 Å². The monoisotopic (exact) mass is 461 g/mol. The van der Waals surface area contributed by atoms with Gasteiger partial charge in [-0.3, -0.25) is 18.5 Å². The molecule has 0 radical (unpaired) electrons. The molecule has 0 atom stereocenters. The van der Waals surface area contributed by atoms with Gasteiger partial charge >= 0.3 is 4.87 Å². The first-order chi connectivity index (χ1) is 14.6. The Bertz CT molecular complexity index is 1280.